The van der Waals surface area contributed by atoms with Crippen LogP contribution < -0.4 is 21.1 Å². The van der Waals surface area contributed by atoms with E-state index in [1.807, 2.05) is 55.5 Å². The van der Waals surface area contributed by atoms with Gasteiger partial charge in [0.05, 0.1) is 18.0 Å². The summed E-state index contributed by atoms with van der Waals surface area (Å²) in [6, 6.07) is 15.4. The summed E-state index contributed by atoms with van der Waals surface area (Å²) in [6.45, 7) is 2.52. The Morgan fingerprint density at radius 1 is 0.960 bits per heavy atom. The summed E-state index contributed by atoms with van der Waals surface area (Å²) in [4.78, 5) is 8.48. The number of halogens is 1. The van der Waals surface area contributed by atoms with Gasteiger partial charge in [0.1, 0.15) is 17.8 Å². The van der Waals surface area contributed by atoms with Crippen LogP contribution in [0.25, 0.3) is 0 Å². The molecule has 0 spiro atoms. The lowest BCUT2D eigenvalue weighted by molar-refractivity contribution is 0.342. The Bertz CT molecular complexity index is 872. The largest absolute Gasteiger partial charge is 0.492 e. The second-order valence-corrected chi connectivity index (χ2v) is 6.00. The average Bonchev–Trinajstić information content (AvgIpc) is 2.62. The molecule has 3 rings (SSSR count). The Hall–Kier alpha value is -2.80. The summed E-state index contributed by atoms with van der Waals surface area (Å²) in [6.07, 6.45) is 1.46. The zero-order valence-corrected chi connectivity index (χ0v) is 15.2. The van der Waals surface area contributed by atoms with Gasteiger partial charge in [-0.05, 0) is 47.1 Å². The first-order valence-electron chi connectivity index (χ1n) is 7.80. The number of para-hydroxylation sites is 3. The summed E-state index contributed by atoms with van der Waals surface area (Å²) in [5, 5.41) is 6.43. The first-order chi connectivity index (χ1) is 12.2. The van der Waals surface area contributed by atoms with Crippen LogP contribution in [0.15, 0.2) is 59.3 Å². The lowest BCUT2D eigenvalue weighted by Gasteiger charge is -2.15. The van der Waals surface area contributed by atoms with Crippen molar-refractivity contribution in [1.29, 1.82) is 0 Å². The van der Waals surface area contributed by atoms with Crippen molar-refractivity contribution in [3.8, 4) is 5.75 Å². The lowest BCUT2D eigenvalue weighted by atomic mass is 10.3. The van der Waals surface area contributed by atoms with Gasteiger partial charge in [0.15, 0.2) is 11.6 Å². The Morgan fingerprint density at radius 3 is 2.24 bits per heavy atom. The summed E-state index contributed by atoms with van der Waals surface area (Å²) in [5.41, 5.74) is 8.33. The van der Waals surface area contributed by atoms with Crippen molar-refractivity contribution in [2.24, 2.45) is 0 Å². The number of benzene rings is 2. The molecule has 128 valence electrons. The molecule has 7 heteroatoms. The number of anilines is 5. The topological polar surface area (TPSA) is 85.1 Å². The van der Waals surface area contributed by atoms with E-state index in [4.69, 9.17) is 10.5 Å². The first kappa shape index (κ1) is 17.0. The highest BCUT2D eigenvalue weighted by molar-refractivity contribution is 9.10. The van der Waals surface area contributed by atoms with Gasteiger partial charge >= 0.3 is 0 Å². The second kappa shape index (κ2) is 7.85. The van der Waals surface area contributed by atoms with Gasteiger partial charge in [-0.2, -0.15) is 0 Å². The van der Waals surface area contributed by atoms with Crippen molar-refractivity contribution in [3.63, 3.8) is 0 Å². The van der Waals surface area contributed by atoms with Crippen LogP contribution >= 0.6 is 15.9 Å². The third-order valence-corrected chi connectivity index (χ3v) is 4.14. The number of ether oxygens (including phenoxy) is 1. The summed E-state index contributed by atoms with van der Waals surface area (Å²) >= 11 is 3.50. The van der Waals surface area contributed by atoms with Crippen molar-refractivity contribution in [3.05, 3.63) is 59.3 Å². The molecule has 0 aliphatic rings. The minimum absolute atomic E-state index is 0.421. The fraction of sp³-hybridized carbons (Fsp3) is 0.111. The highest BCUT2D eigenvalue weighted by atomic mass is 79.9. The lowest BCUT2D eigenvalue weighted by Crippen LogP contribution is -2.06. The van der Waals surface area contributed by atoms with Crippen molar-refractivity contribution in [2.75, 3.05) is 23.0 Å². The SMILES string of the molecule is CCOc1ccccc1Nc1ncnc(Nc2ccccc2Br)c1N. The predicted molar refractivity (Wildman–Crippen MR) is 105 cm³/mol. The van der Waals surface area contributed by atoms with Crippen LogP contribution in [0.1, 0.15) is 6.92 Å². The summed E-state index contributed by atoms with van der Waals surface area (Å²) in [5.74, 6) is 1.78. The van der Waals surface area contributed by atoms with E-state index in [1.165, 1.54) is 6.33 Å². The molecule has 25 heavy (non-hydrogen) atoms. The van der Waals surface area contributed by atoms with Gasteiger partial charge in [-0.3, -0.25) is 0 Å². The molecule has 0 aliphatic carbocycles. The van der Waals surface area contributed by atoms with E-state index < -0.39 is 0 Å². The van der Waals surface area contributed by atoms with Crippen LogP contribution in [0.2, 0.25) is 0 Å². The van der Waals surface area contributed by atoms with E-state index in [1.54, 1.807) is 0 Å². The highest BCUT2D eigenvalue weighted by Crippen LogP contribution is 2.33. The van der Waals surface area contributed by atoms with E-state index in [0.29, 0.717) is 23.9 Å². The molecule has 0 atom stereocenters. The summed E-state index contributed by atoms with van der Waals surface area (Å²) < 4.78 is 6.54. The second-order valence-electron chi connectivity index (χ2n) is 5.14. The van der Waals surface area contributed by atoms with Crippen LogP contribution in [0, 0.1) is 0 Å². The van der Waals surface area contributed by atoms with Gasteiger partial charge in [-0.25, -0.2) is 9.97 Å². The summed E-state index contributed by atoms with van der Waals surface area (Å²) in [7, 11) is 0. The number of nitrogens with zero attached hydrogens (tertiary/aromatic N) is 2. The van der Waals surface area contributed by atoms with E-state index >= 15 is 0 Å². The van der Waals surface area contributed by atoms with Crippen molar-refractivity contribution >= 4 is 44.6 Å². The van der Waals surface area contributed by atoms with Crippen LogP contribution in [-0.2, 0) is 0 Å². The van der Waals surface area contributed by atoms with Crippen molar-refractivity contribution in [2.45, 2.75) is 6.92 Å². The Balaban J connectivity index is 1.88. The molecule has 2 aromatic carbocycles. The van der Waals surface area contributed by atoms with E-state index in [0.717, 1.165) is 21.6 Å². The maximum atomic E-state index is 6.25. The molecule has 0 aliphatic heterocycles. The predicted octanol–water partition coefficient (Wildman–Crippen LogP) is 4.71. The van der Waals surface area contributed by atoms with Crippen molar-refractivity contribution < 1.29 is 4.74 Å². The van der Waals surface area contributed by atoms with Gasteiger partial charge in [0, 0.05) is 4.47 Å². The molecule has 0 fully saturated rings. The number of nitrogens with two attached hydrogens (primary N) is 1. The zero-order chi connectivity index (χ0) is 17.6. The molecule has 4 N–H and O–H groups in total. The first-order valence-corrected chi connectivity index (χ1v) is 8.59. The van der Waals surface area contributed by atoms with Gasteiger partial charge in [0.25, 0.3) is 0 Å². The van der Waals surface area contributed by atoms with Crippen LogP contribution in [0.4, 0.5) is 28.7 Å². The molecular formula is C18H18BrN5O. The van der Waals surface area contributed by atoms with Gasteiger partial charge in [0.2, 0.25) is 0 Å². The minimum atomic E-state index is 0.421. The fourth-order valence-corrected chi connectivity index (χ4v) is 2.65. The molecular weight excluding hydrogens is 382 g/mol. The van der Waals surface area contributed by atoms with Crippen molar-refractivity contribution in [1.82, 2.24) is 9.97 Å². The van der Waals surface area contributed by atoms with Gasteiger partial charge < -0.3 is 21.1 Å². The standard InChI is InChI=1S/C18H18BrN5O/c1-2-25-15-10-6-5-9-14(15)24-18-16(20)17(21-11-22-18)23-13-8-4-3-7-12(13)19/h3-11H,2,20H2,1H3,(H2,21,22,23,24). The van der Waals surface area contributed by atoms with Gasteiger partial charge in [-0.15, -0.1) is 0 Å². The quantitative estimate of drug-likeness (QED) is 0.556. The van der Waals surface area contributed by atoms with Crippen LogP contribution in [-0.4, -0.2) is 16.6 Å². The Labute approximate surface area is 154 Å². The molecule has 6 nitrogen and oxygen atoms in total. The number of hydrogen-bond donors (Lipinski definition) is 3. The molecule has 0 amide bonds. The molecule has 0 saturated carbocycles. The number of hydrogen-bond acceptors (Lipinski definition) is 6. The van der Waals surface area contributed by atoms with E-state index in [9.17, 15) is 0 Å². The van der Waals surface area contributed by atoms with Gasteiger partial charge in [-0.1, -0.05) is 24.3 Å². The number of nitrogen functional groups attached to an aromatic ring is 1. The monoisotopic (exact) mass is 399 g/mol. The third-order valence-electron chi connectivity index (χ3n) is 3.45. The third kappa shape index (κ3) is 4.00. The maximum absolute atomic E-state index is 6.25. The maximum Gasteiger partial charge on any atom is 0.159 e. The van der Waals surface area contributed by atoms with E-state index in [2.05, 4.69) is 36.5 Å². The zero-order valence-electron chi connectivity index (χ0n) is 13.7. The highest BCUT2D eigenvalue weighted by Gasteiger charge is 2.11. The average molecular weight is 400 g/mol. The Morgan fingerprint density at radius 2 is 1.56 bits per heavy atom. The smallest absolute Gasteiger partial charge is 0.159 e. The molecule has 3 aromatic rings. The molecule has 0 unspecified atom stereocenters. The Kier molecular flexibility index (Phi) is 5.35. The molecule has 1 aromatic heterocycles. The van der Waals surface area contributed by atoms with E-state index in [-0.39, 0.29) is 0 Å². The number of rotatable bonds is 6. The normalized spacial score (nSPS) is 10.3. The van der Waals surface area contributed by atoms with Crippen LogP contribution in [0.5, 0.6) is 5.75 Å². The molecule has 0 bridgehead atoms. The number of aromatic nitrogens is 2. The number of nitrogens with one attached hydrogen (secondary N) is 2. The van der Waals surface area contributed by atoms with Crippen LogP contribution in [0.3, 0.4) is 0 Å². The molecule has 1 heterocycles. The molecule has 0 radical (unpaired) electrons. The minimum Gasteiger partial charge on any atom is -0.492 e. The molecule has 0 saturated heterocycles. The fourth-order valence-electron chi connectivity index (χ4n) is 2.26.